The molecule has 0 aromatic heterocycles. The fourth-order valence-electron chi connectivity index (χ4n) is 4.12. The average Bonchev–Trinajstić information content (AvgIpc) is 3.51. The summed E-state index contributed by atoms with van der Waals surface area (Å²) in [5.74, 6) is 0.535. The van der Waals surface area contributed by atoms with Crippen molar-refractivity contribution in [2.24, 2.45) is 16.6 Å². The molecule has 2 fully saturated rings. The van der Waals surface area contributed by atoms with E-state index in [1.807, 2.05) is 6.07 Å². The van der Waals surface area contributed by atoms with Crippen molar-refractivity contribution in [1.82, 2.24) is 15.5 Å². The van der Waals surface area contributed by atoms with Gasteiger partial charge in [-0.25, -0.2) is 4.39 Å². The number of nitrogens with one attached hydrogen (secondary N) is 2. The first-order chi connectivity index (χ1) is 14.0. The molecule has 29 heavy (non-hydrogen) atoms. The number of carbonyl (C=O) groups is 1. The smallest absolute Gasteiger partial charge is 0.220 e. The Morgan fingerprint density at radius 1 is 1.28 bits per heavy atom. The summed E-state index contributed by atoms with van der Waals surface area (Å²) >= 11 is 0. The maximum Gasteiger partial charge on any atom is 0.220 e. The van der Waals surface area contributed by atoms with Crippen molar-refractivity contribution in [3.63, 3.8) is 0 Å². The Bertz CT molecular complexity index is 711. The van der Waals surface area contributed by atoms with Gasteiger partial charge >= 0.3 is 0 Å². The number of nitrogens with zero attached hydrogens (tertiary/aromatic N) is 2. The van der Waals surface area contributed by atoms with Crippen molar-refractivity contribution < 1.29 is 9.18 Å². The Balaban J connectivity index is 1.31. The van der Waals surface area contributed by atoms with Crippen LogP contribution in [-0.4, -0.2) is 56.5 Å². The number of carbonyl (C=O) groups excluding carboxylic acids is 1. The van der Waals surface area contributed by atoms with E-state index in [0.29, 0.717) is 0 Å². The number of halogens is 1. The number of guanidine groups is 1. The standard InChI is InChI=1S/C22H34FN5O/c1-25-21(27-16-22(9-10-22)18-5-4-6-19(23)15-18)26-11-2-3-12-28-13-7-17(8-14-28)20(24)29/h4-6,15,17H,2-3,7-14,16H2,1H3,(H2,24,29)(H2,25,26,27). The molecule has 1 aliphatic carbocycles. The van der Waals surface area contributed by atoms with Crippen LogP contribution in [0.15, 0.2) is 29.3 Å². The van der Waals surface area contributed by atoms with Gasteiger partial charge in [0.05, 0.1) is 0 Å². The van der Waals surface area contributed by atoms with Crippen molar-refractivity contribution >= 4 is 11.9 Å². The lowest BCUT2D eigenvalue weighted by molar-refractivity contribution is -0.123. The number of benzene rings is 1. The first-order valence-corrected chi connectivity index (χ1v) is 10.7. The fraction of sp³-hybridized carbons (Fsp3) is 0.636. The zero-order chi connectivity index (χ0) is 20.7. The van der Waals surface area contributed by atoms with Gasteiger partial charge in [0.25, 0.3) is 0 Å². The molecule has 1 saturated carbocycles. The van der Waals surface area contributed by atoms with Gasteiger partial charge in [0.1, 0.15) is 5.82 Å². The van der Waals surface area contributed by atoms with E-state index < -0.39 is 0 Å². The number of amides is 1. The lowest BCUT2D eigenvalue weighted by atomic mass is 9.96. The van der Waals surface area contributed by atoms with Gasteiger partial charge in [0.2, 0.25) is 5.91 Å². The average molecular weight is 404 g/mol. The quantitative estimate of drug-likeness (QED) is 0.335. The zero-order valence-electron chi connectivity index (χ0n) is 17.4. The number of likely N-dealkylation sites (tertiary alicyclic amines) is 1. The Morgan fingerprint density at radius 3 is 2.66 bits per heavy atom. The predicted octanol–water partition coefficient (Wildman–Crippen LogP) is 2.00. The monoisotopic (exact) mass is 403 g/mol. The van der Waals surface area contributed by atoms with E-state index in [1.54, 1.807) is 19.2 Å². The normalized spacial score (nSPS) is 19.7. The Kier molecular flexibility index (Phi) is 7.47. The maximum atomic E-state index is 13.5. The van der Waals surface area contributed by atoms with E-state index >= 15 is 0 Å². The maximum absolute atomic E-state index is 13.5. The molecule has 160 valence electrons. The van der Waals surface area contributed by atoms with Crippen molar-refractivity contribution in [3.8, 4) is 0 Å². The van der Waals surface area contributed by atoms with Gasteiger partial charge in [-0.05, 0) is 75.9 Å². The number of nitrogens with two attached hydrogens (primary N) is 1. The van der Waals surface area contributed by atoms with Gasteiger partial charge in [-0.15, -0.1) is 0 Å². The number of piperidine rings is 1. The summed E-state index contributed by atoms with van der Waals surface area (Å²) in [4.78, 5) is 18.0. The Hall–Kier alpha value is -2.15. The minimum atomic E-state index is -0.171. The SMILES string of the molecule is CN=C(NCCCCN1CCC(C(N)=O)CC1)NCC1(c2cccc(F)c2)CC1. The number of hydrogen-bond donors (Lipinski definition) is 3. The molecule has 1 aliphatic heterocycles. The minimum Gasteiger partial charge on any atom is -0.369 e. The summed E-state index contributed by atoms with van der Waals surface area (Å²) in [5.41, 5.74) is 6.50. The molecule has 7 heteroatoms. The molecule has 0 unspecified atom stereocenters. The summed E-state index contributed by atoms with van der Waals surface area (Å²) in [7, 11) is 1.78. The van der Waals surface area contributed by atoms with Gasteiger partial charge in [-0.2, -0.15) is 0 Å². The van der Waals surface area contributed by atoms with Gasteiger partial charge in [-0.1, -0.05) is 12.1 Å². The molecule has 6 nitrogen and oxygen atoms in total. The van der Waals surface area contributed by atoms with Crippen LogP contribution in [0.1, 0.15) is 44.1 Å². The number of primary amides is 1. The number of rotatable bonds is 9. The Labute approximate surface area is 173 Å². The van der Waals surface area contributed by atoms with Crippen molar-refractivity contribution in [2.45, 2.75) is 43.9 Å². The third kappa shape index (κ3) is 6.16. The van der Waals surface area contributed by atoms with E-state index in [0.717, 1.165) is 82.8 Å². The molecule has 1 aromatic rings. The van der Waals surface area contributed by atoms with Crippen LogP contribution in [0.25, 0.3) is 0 Å². The zero-order valence-corrected chi connectivity index (χ0v) is 17.4. The van der Waals surface area contributed by atoms with Crippen LogP contribution in [0.3, 0.4) is 0 Å². The van der Waals surface area contributed by atoms with Crippen molar-refractivity contribution in [2.75, 3.05) is 39.8 Å². The minimum absolute atomic E-state index is 0.0384. The molecule has 3 rings (SSSR count). The van der Waals surface area contributed by atoms with Crippen LogP contribution in [-0.2, 0) is 10.2 Å². The van der Waals surface area contributed by atoms with Crippen molar-refractivity contribution in [1.29, 1.82) is 0 Å². The summed E-state index contributed by atoms with van der Waals surface area (Å²) in [6.07, 6.45) is 6.10. The van der Waals surface area contributed by atoms with Crippen LogP contribution in [0.2, 0.25) is 0 Å². The van der Waals surface area contributed by atoms with Crippen LogP contribution < -0.4 is 16.4 Å². The van der Waals surface area contributed by atoms with Gasteiger partial charge in [-0.3, -0.25) is 9.79 Å². The highest BCUT2D eigenvalue weighted by Crippen LogP contribution is 2.47. The van der Waals surface area contributed by atoms with Crippen LogP contribution in [0.5, 0.6) is 0 Å². The molecule has 1 heterocycles. The summed E-state index contributed by atoms with van der Waals surface area (Å²) in [5, 5.41) is 6.79. The second-order valence-electron chi connectivity index (χ2n) is 8.37. The molecule has 0 atom stereocenters. The van der Waals surface area contributed by atoms with Gasteiger partial charge < -0.3 is 21.3 Å². The van der Waals surface area contributed by atoms with Gasteiger partial charge in [0, 0.05) is 31.5 Å². The first kappa shape index (κ1) is 21.6. The molecular weight excluding hydrogens is 369 g/mol. The van der Waals surface area contributed by atoms with Crippen LogP contribution in [0.4, 0.5) is 4.39 Å². The molecule has 0 radical (unpaired) electrons. The second-order valence-corrected chi connectivity index (χ2v) is 8.37. The first-order valence-electron chi connectivity index (χ1n) is 10.7. The van der Waals surface area contributed by atoms with E-state index in [1.165, 1.54) is 6.07 Å². The number of aliphatic imine (C=N–C) groups is 1. The highest BCUT2D eigenvalue weighted by atomic mass is 19.1. The Morgan fingerprint density at radius 2 is 2.03 bits per heavy atom. The molecule has 0 bridgehead atoms. The van der Waals surface area contributed by atoms with Gasteiger partial charge in [0.15, 0.2) is 5.96 Å². The largest absolute Gasteiger partial charge is 0.369 e. The molecule has 2 aliphatic rings. The van der Waals surface area contributed by atoms with Crippen LogP contribution in [0, 0.1) is 11.7 Å². The third-order valence-electron chi connectivity index (χ3n) is 6.29. The highest BCUT2D eigenvalue weighted by Gasteiger charge is 2.44. The number of unbranched alkanes of at least 4 members (excludes halogenated alkanes) is 1. The highest BCUT2D eigenvalue weighted by molar-refractivity contribution is 5.79. The molecule has 1 amide bonds. The molecule has 1 aromatic carbocycles. The second kappa shape index (κ2) is 10.1. The lowest BCUT2D eigenvalue weighted by Crippen LogP contribution is -2.42. The lowest BCUT2D eigenvalue weighted by Gasteiger charge is -2.30. The number of hydrogen-bond acceptors (Lipinski definition) is 3. The predicted molar refractivity (Wildman–Crippen MR) is 114 cm³/mol. The summed E-state index contributed by atoms with van der Waals surface area (Å²) < 4.78 is 13.5. The third-order valence-corrected chi connectivity index (χ3v) is 6.29. The van der Waals surface area contributed by atoms with Crippen LogP contribution >= 0.6 is 0 Å². The topological polar surface area (TPSA) is 82.8 Å². The molecule has 4 N–H and O–H groups in total. The van der Waals surface area contributed by atoms with E-state index in [4.69, 9.17) is 5.73 Å². The molecule has 1 saturated heterocycles. The van der Waals surface area contributed by atoms with Crippen molar-refractivity contribution in [3.05, 3.63) is 35.6 Å². The summed E-state index contributed by atoms with van der Waals surface area (Å²) in [6, 6.07) is 6.94. The molecule has 0 spiro atoms. The fourth-order valence-corrected chi connectivity index (χ4v) is 4.12. The van der Waals surface area contributed by atoms with E-state index in [2.05, 4.69) is 20.5 Å². The molecular formula is C22H34FN5O. The van der Waals surface area contributed by atoms with E-state index in [-0.39, 0.29) is 23.1 Å². The van der Waals surface area contributed by atoms with E-state index in [9.17, 15) is 9.18 Å². The summed E-state index contributed by atoms with van der Waals surface area (Å²) in [6.45, 7) is 4.62.